The highest BCUT2D eigenvalue weighted by atomic mass is 15.0. The second kappa shape index (κ2) is 5.74. The van der Waals surface area contributed by atoms with E-state index in [-0.39, 0.29) is 0 Å². The molecule has 0 bridgehead atoms. The Morgan fingerprint density at radius 2 is 1.68 bits per heavy atom. The van der Waals surface area contributed by atoms with E-state index in [9.17, 15) is 0 Å². The molecule has 0 spiro atoms. The third kappa shape index (κ3) is 2.10. The van der Waals surface area contributed by atoms with E-state index in [1.165, 1.54) is 54.6 Å². The zero-order valence-electron chi connectivity index (χ0n) is 18.5. The van der Waals surface area contributed by atoms with Gasteiger partial charge in [-0.25, -0.2) is 6.57 Å². The molecule has 3 heterocycles. The van der Waals surface area contributed by atoms with Crippen LogP contribution in [0.1, 0.15) is 30.5 Å². The van der Waals surface area contributed by atoms with E-state index in [0.29, 0.717) is 0 Å². The first-order valence-electron chi connectivity index (χ1n) is 10.7. The van der Waals surface area contributed by atoms with Crippen LogP contribution < -0.4 is 4.57 Å². The number of rotatable bonds is 1. The van der Waals surface area contributed by atoms with Crippen molar-refractivity contribution in [2.45, 2.75) is 33.2 Å². The van der Waals surface area contributed by atoms with Crippen LogP contribution in [0.25, 0.3) is 53.8 Å². The Kier molecular flexibility index (Phi) is 3.36. The van der Waals surface area contributed by atoms with Crippen LogP contribution >= 0.6 is 0 Å². The number of fused-ring (bicyclic) bond motifs is 5. The standard InChI is InChI=1S/C28H24N3/c1-16-15-18-9-7-12-22-24(18)23(17(16)2)27-26-20(13-14-30(27)6)19-10-8-11-21(25(19)31(22)26)28(3,4)29-5/h7-15H,1-4,6H3/q+1. The molecular weight excluding hydrogens is 378 g/mol. The number of hydrogen-bond acceptors (Lipinski definition) is 0. The van der Waals surface area contributed by atoms with Crippen molar-refractivity contribution in [1.29, 1.82) is 0 Å². The van der Waals surface area contributed by atoms with Crippen LogP contribution in [0.3, 0.4) is 0 Å². The summed E-state index contributed by atoms with van der Waals surface area (Å²) in [5.41, 5.74) is 7.98. The zero-order chi connectivity index (χ0) is 21.7. The number of aromatic nitrogens is 2. The van der Waals surface area contributed by atoms with Crippen molar-refractivity contribution in [3.63, 3.8) is 0 Å². The highest BCUT2D eigenvalue weighted by Crippen LogP contribution is 2.43. The van der Waals surface area contributed by atoms with Crippen LogP contribution in [0.2, 0.25) is 0 Å². The lowest BCUT2D eigenvalue weighted by Gasteiger charge is -2.17. The van der Waals surface area contributed by atoms with Gasteiger partial charge in [-0.05, 0) is 42.5 Å². The summed E-state index contributed by atoms with van der Waals surface area (Å²) in [5, 5.41) is 6.36. The van der Waals surface area contributed by atoms with Crippen molar-refractivity contribution in [2.75, 3.05) is 0 Å². The van der Waals surface area contributed by atoms with Gasteiger partial charge < -0.3 is 9.25 Å². The molecule has 31 heavy (non-hydrogen) atoms. The van der Waals surface area contributed by atoms with Crippen LogP contribution in [0.4, 0.5) is 0 Å². The Balaban J connectivity index is 2.09. The molecule has 3 heteroatoms. The topological polar surface area (TPSA) is 12.7 Å². The smallest absolute Gasteiger partial charge is 0.254 e. The van der Waals surface area contributed by atoms with Crippen molar-refractivity contribution in [3.8, 4) is 0 Å². The maximum atomic E-state index is 7.87. The van der Waals surface area contributed by atoms with E-state index < -0.39 is 5.54 Å². The molecule has 6 aromatic rings. The summed E-state index contributed by atoms with van der Waals surface area (Å²) >= 11 is 0. The fourth-order valence-corrected chi connectivity index (χ4v) is 5.44. The molecule has 3 aromatic carbocycles. The molecule has 0 aliphatic rings. The molecule has 150 valence electrons. The number of aryl methyl sites for hydroxylation is 3. The minimum absolute atomic E-state index is 0.604. The average Bonchev–Trinajstić information content (AvgIpc) is 3.10. The van der Waals surface area contributed by atoms with Gasteiger partial charge in [-0.2, -0.15) is 4.57 Å². The fraction of sp³-hybridized carbons (Fsp3) is 0.214. The summed E-state index contributed by atoms with van der Waals surface area (Å²) in [4.78, 5) is 3.99. The summed E-state index contributed by atoms with van der Waals surface area (Å²) < 4.78 is 4.68. The Morgan fingerprint density at radius 1 is 0.935 bits per heavy atom. The summed E-state index contributed by atoms with van der Waals surface area (Å²) in [5.74, 6) is 0. The predicted molar refractivity (Wildman–Crippen MR) is 129 cm³/mol. The molecule has 0 saturated carbocycles. The first-order chi connectivity index (χ1) is 14.8. The van der Waals surface area contributed by atoms with Gasteiger partial charge in [0, 0.05) is 36.1 Å². The molecule has 0 atom stereocenters. The molecule has 0 aliphatic heterocycles. The van der Waals surface area contributed by atoms with Crippen LogP contribution in [-0.4, -0.2) is 4.40 Å². The number of pyridine rings is 2. The van der Waals surface area contributed by atoms with Gasteiger partial charge in [-0.1, -0.05) is 30.3 Å². The van der Waals surface area contributed by atoms with Crippen LogP contribution in [0.5, 0.6) is 0 Å². The third-order valence-corrected chi connectivity index (χ3v) is 7.15. The Hall–Kier alpha value is -3.64. The SMILES string of the molecule is [C-]#[N+]C(C)(C)c1cccc2c3cc[n+](C)c4c5c(C)c(C)cc6cccc(c65)n(c12)c34. The van der Waals surface area contributed by atoms with Crippen molar-refractivity contribution >= 4 is 49.0 Å². The van der Waals surface area contributed by atoms with E-state index in [0.717, 1.165) is 11.1 Å². The normalized spacial score (nSPS) is 12.6. The van der Waals surface area contributed by atoms with E-state index >= 15 is 0 Å². The van der Waals surface area contributed by atoms with Crippen molar-refractivity contribution in [1.82, 2.24) is 4.40 Å². The second-order valence-electron chi connectivity index (χ2n) is 9.31. The van der Waals surface area contributed by atoms with Crippen molar-refractivity contribution in [3.05, 3.63) is 82.8 Å². The van der Waals surface area contributed by atoms with Crippen LogP contribution in [0, 0.1) is 20.4 Å². The van der Waals surface area contributed by atoms with Crippen LogP contribution in [-0.2, 0) is 12.6 Å². The van der Waals surface area contributed by atoms with E-state index in [1.54, 1.807) is 0 Å². The van der Waals surface area contributed by atoms with Gasteiger partial charge >= 0.3 is 0 Å². The second-order valence-corrected chi connectivity index (χ2v) is 9.31. The lowest BCUT2D eigenvalue weighted by atomic mass is 9.93. The van der Waals surface area contributed by atoms with Gasteiger partial charge in [0.15, 0.2) is 6.20 Å². The lowest BCUT2D eigenvalue weighted by molar-refractivity contribution is -0.644. The highest BCUT2D eigenvalue weighted by molar-refractivity contribution is 6.26. The van der Waals surface area contributed by atoms with Crippen molar-refractivity contribution in [2.24, 2.45) is 7.05 Å². The Morgan fingerprint density at radius 3 is 2.45 bits per heavy atom. The molecule has 0 amide bonds. The predicted octanol–water partition coefficient (Wildman–Crippen LogP) is 6.59. The van der Waals surface area contributed by atoms with Crippen LogP contribution in [0.15, 0.2) is 54.7 Å². The molecule has 3 nitrogen and oxygen atoms in total. The molecule has 0 fully saturated rings. The first-order valence-corrected chi connectivity index (χ1v) is 10.7. The molecule has 3 aromatic heterocycles. The quantitative estimate of drug-likeness (QED) is 0.127. The average molecular weight is 403 g/mol. The van der Waals surface area contributed by atoms with E-state index in [4.69, 9.17) is 6.57 Å². The molecule has 0 N–H and O–H groups in total. The maximum absolute atomic E-state index is 7.87. The molecule has 0 radical (unpaired) electrons. The number of benzene rings is 3. The summed E-state index contributed by atoms with van der Waals surface area (Å²) in [7, 11) is 2.14. The summed E-state index contributed by atoms with van der Waals surface area (Å²) in [6.07, 6.45) is 2.18. The minimum Gasteiger partial charge on any atom is -0.306 e. The van der Waals surface area contributed by atoms with E-state index in [2.05, 4.69) is 89.4 Å². The molecule has 0 saturated heterocycles. The van der Waals surface area contributed by atoms with Gasteiger partial charge in [0.05, 0.1) is 22.0 Å². The lowest BCUT2D eigenvalue weighted by Crippen LogP contribution is -2.29. The fourth-order valence-electron chi connectivity index (χ4n) is 5.44. The van der Waals surface area contributed by atoms with Gasteiger partial charge in [0.1, 0.15) is 12.6 Å². The Bertz CT molecular complexity index is 1740. The minimum atomic E-state index is -0.604. The van der Waals surface area contributed by atoms with Gasteiger partial charge in [0.25, 0.3) is 5.54 Å². The number of hydrogen-bond donors (Lipinski definition) is 0. The zero-order valence-corrected chi connectivity index (χ0v) is 18.5. The summed E-state index contributed by atoms with van der Waals surface area (Å²) in [6, 6.07) is 17.6. The highest BCUT2D eigenvalue weighted by Gasteiger charge is 2.32. The largest absolute Gasteiger partial charge is 0.306 e. The molecule has 0 aliphatic carbocycles. The molecule has 0 unspecified atom stereocenters. The van der Waals surface area contributed by atoms with Crippen molar-refractivity contribution < 1.29 is 4.57 Å². The monoisotopic (exact) mass is 402 g/mol. The Labute approximate surface area is 181 Å². The van der Waals surface area contributed by atoms with Gasteiger partial charge in [-0.3, -0.25) is 0 Å². The van der Waals surface area contributed by atoms with Gasteiger partial charge in [-0.15, -0.1) is 0 Å². The third-order valence-electron chi connectivity index (χ3n) is 7.15. The first kappa shape index (κ1) is 18.2. The molecular formula is C28H24N3+. The number of para-hydroxylation sites is 1. The van der Waals surface area contributed by atoms with Gasteiger partial charge in [0.2, 0.25) is 5.52 Å². The van der Waals surface area contributed by atoms with E-state index in [1.807, 2.05) is 13.8 Å². The molecule has 6 rings (SSSR count). The summed E-state index contributed by atoms with van der Waals surface area (Å²) in [6.45, 7) is 16.4. The number of nitrogens with zero attached hydrogens (tertiary/aromatic N) is 3. The maximum Gasteiger partial charge on any atom is 0.254 e.